The number of nitrogens with one attached hydrogen (secondary N) is 1. The number of carbonyl (C=O) groups is 1. The summed E-state index contributed by atoms with van der Waals surface area (Å²) >= 11 is 0. The Kier molecular flexibility index (Phi) is 5.13. The molecule has 1 N–H and O–H groups in total. The molecule has 0 fully saturated rings. The number of pyridine rings is 1. The van der Waals surface area contributed by atoms with E-state index in [0.29, 0.717) is 13.0 Å². The molecule has 3 heteroatoms. The predicted molar refractivity (Wildman–Crippen MR) is 103 cm³/mol. The summed E-state index contributed by atoms with van der Waals surface area (Å²) in [6.07, 6.45) is 4.76. The quantitative estimate of drug-likeness (QED) is 0.733. The Hall–Kier alpha value is -2.68. The van der Waals surface area contributed by atoms with Crippen molar-refractivity contribution in [3.8, 4) is 0 Å². The van der Waals surface area contributed by atoms with Crippen molar-refractivity contribution in [2.24, 2.45) is 0 Å². The highest BCUT2D eigenvalue weighted by Gasteiger charge is 2.21. The number of aromatic nitrogens is 1. The van der Waals surface area contributed by atoms with Gasteiger partial charge in [-0.15, -0.1) is 0 Å². The van der Waals surface area contributed by atoms with Gasteiger partial charge in [-0.05, 0) is 34.4 Å². The van der Waals surface area contributed by atoms with Gasteiger partial charge >= 0.3 is 0 Å². The van der Waals surface area contributed by atoms with E-state index < -0.39 is 0 Å². The van der Waals surface area contributed by atoms with Crippen molar-refractivity contribution < 1.29 is 4.79 Å². The molecular weight excluding hydrogens is 308 g/mol. The lowest BCUT2D eigenvalue weighted by atomic mass is 9.83. The maximum Gasteiger partial charge on any atom is 0.220 e. The molecule has 0 radical (unpaired) electrons. The fraction of sp³-hybridized carbons (Fsp3) is 0.273. The van der Waals surface area contributed by atoms with Crippen LogP contribution in [0.3, 0.4) is 0 Å². The summed E-state index contributed by atoms with van der Waals surface area (Å²) in [6, 6.07) is 18.8. The zero-order chi connectivity index (χ0) is 17.7. The molecule has 0 saturated heterocycles. The van der Waals surface area contributed by atoms with Gasteiger partial charge in [0.15, 0.2) is 0 Å². The molecule has 25 heavy (non-hydrogen) atoms. The Balaban J connectivity index is 1.59. The van der Waals surface area contributed by atoms with Crippen molar-refractivity contribution in [3.63, 3.8) is 0 Å². The van der Waals surface area contributed by atoms with E-state index in [4.69, 9.17) is 0 Å². The highest BCUT2D eigenvalue weighted by atomic mass is 16.1. The van der Waals surface area contributed by atoms with Gasteiger partial charge in [-0.25, -0.2) is 0 Å². The molecule has 3 nitrogen and oxygen atoms in total. The van der Waals surface area contributed by atoms with Gasteiger partial charge in [-0.3, -0.25) is 9.78 Å². The second kappa shape index (κ2) is 7.47. The van der Waals surface area contributed by atoms with E-state index in [0.717, 1.165) is 12.0 Å². The number of amides is 1. The zero-order valence-electron chi connectivity index (χ0n) is 14.8. The number of rotatable bonds is 6. The number of aryl methyl sites for hydroxylation is 1. The van der Waals surface area contributed by atoms with Crippen LogP contribution in [0.1, 0.15) is 31.4 Å². The topological polar surface area (TPSA) is 42.0 Å². The van der Waals surface area contributed by atoms with Gasteiger partial charge in [-0.2, -0.15) is 0 Å². The van der Waals surface area contributed by atoms with Crippen LogP contribution in [0.2, 0.25) is 0 Å². The Morgan fingerprint density at radius 3 is 2.60 bits per heavy atom. The average Bonchev–Trinajstić information content (AvgIpc) is 2.65. The molecule has 0 unspecified atom stereocenters. The summed E-state index contributed by atoms with van der Waals surface area (Å²) in [5.41, 5.74) is 2.21. The molecule has 3 rings (SSSR count). The molecule has 0 spiro atoms. The lowest BCUT2D eigenvalue weighted by Crippen LogP contribution is -2.36. The SMILES string of the molecule is CC(C)(CNC(=O)CCc1cccnc1)c1ccc2ccccc2c1. The third kappa shape index (κ3) is 4.44. The molecule has 0 atom stereocenters. The van der Waals surface area contributed by atoms with E-state index in [-0.39, 0.29) is 11.3 Å². The smallest absolute Gasteiger partial charge is 0.220 e. The standard InChI is InChI=1S/C22H24N2O/c1-22(2,20-11-10-18-7-3-4-8-19(18)14-20)16-24-21(25)12-9-17-6-5-13-23-15-17/h3-8,10-11,13-15H,9,12,16H2,1-2H3,(H,24,25). The zero-order valence-corrected chi connectivity index (χ0v) is 14.8. The lowest BCUT2D eigenvalue weighted by molar-refractivity contribution is -0.121. The molecule has 0 aliphatic heterocycles. The number of carbonyl (C=O) groups excluding carboxylic acids is 1. The second-order valence-electron chi connectivity index (χ2n) is 7.08. The summed E-state index contributed by atoms with van der Waals surface area (Å²) < 4.78 is 0. The van der Waals surface area contributed by atoms with Crippen LogP contribution in [-0.2, 0) is 16.6 Å². The van der Waals surface area contributed by atoms with E-state index in [1.165, 1.54) is 16.3 Å². The summed E-state index contributed by atoms with van der Waals surface area (Å²) in [4.78, 5) is 16.3. The van der Waals surface area contributed by atoms with Crippen molar-refractivity contribution >= 4 is 16.7 Å². The predicted octanol–water partition coefficient (Wildman–Crippen LogP) is 4.26. The van der Waals surface area contributed by atoms with Gasteiger partial charge in [-0.1, -0.05) is 62.4 Å². The van der Waals surface area contributed by atoms with Gasteiger partial charge in [0.2, 0.25) is 5.91 Å². The van der Waals surface area contributed by atoms with Crippen molar-refractivity contribution in [1.29, 1.82) is 0 Å². The third-order valence-electron chi connectivity index (χ3n) is 4.62. The lowest BCUT2D eigenvalue weighted by Gasteiger charge is -2.26. The molecule has 128 valence electrons. The van der Waals surface area contributed by atoms with E-state index in [9.17, 15) is 4.79 Å². The summed E-state index contributed by atoms with van der Waals surface area (Å²) in [5.74, 6) is 0.0812. The molecular formula is C22H24N2O. The van der Waals surface area contributed by atoms with Crippen LogP contribution in [0.25, 0.3) is 10.8 Å². The first-order valence-corrected chi connectivity index (χ1v) is 8.69. The normalized spacial score (nSPS) is 11.4. The number of fused-ring (bicyclic) bond motifs is 1. The molecule has 0 bridgehead atoms. The first-order chi connectivity index (χ1) is 12.0. The molecule has 1 aromatic heterocycles. The first kappa shape index (κ1) is 17.2. The van der Waals surface area contributed by atoms with E-state index in [2.05, 4.69) is 66.6 Å². The third-order valence-corrected chi connectivity index (χ3v) is 4.62. The monoisotopic (exact) mass is 332 g/mol. The minimum absolute atomic E-state index is 0.0812. The molecule has 1 heterocycles. The van der Waals surface area contributed by atoms with Crippen LogP contribution >= 0.6 is 0 Å². The van der Waals surface area contributed by atoms with E-state index >= 15 is 0 Å². The molecule has 3 aromatic rings. The second-order valence-corrected chi connectivity index (χ2v) is 7.08. The molecule has 2 aromatic carbocycles. The van der Waals surface area contributed by atoms with E-state index in [1.54, 1.807) is 6.20 Å². The highest BCUT2D eigenvalue weighted by molar-refractivity contribution is 5.83. The van der Waals surface area contributed by atoms with Crippen LogP contribution in [0, 0.1) is 0 Å². The van der Waals surface area contributed by atoms with Crippen LogP contribution in [0.5, 0.6) is 0 Å². The first-order valence-electron chi connectivity index (χ1n) is 8.69. The summed E-state index contributed by atoms with van der Waals surface area (Å²) in [5, 5.41) is 5.55. The molecule has 0 aliphatic rings. The van der Waals surface area contributed by atoms with Gasteiger partial charge in [0.05, 0.1) is 0 Å². The largest absolute Gasteiger partial charge is 0.355 e. The number of hydrogen-bond donors (Lipinski definition) is 1. The number of benzene rings is 2. The molecule has 0 saturated carbocycles. The Morgan fingerprint density at radius 2 is 1.84 bits per heavy atom. The van der Waals surface area contributed by atoms with Crippen molar-refractivity contribution in [1.82, 2.24) is 10.3 Å². The maximum absolute atomic E-state index is 12.2. The Morgan fingerprint density at radius 1 is 1.04 bits per heavy atom. The summed E-state index contributed by atoms with van der Waals surface area (Å²) in [7, 11) is 0. The minimum Gasteiger partial charge on any atom is -0.355 e. The molecule has 1 amide bonds. The van der Waals surface area contributed by atoms with Gasteiger partial charge in [0.1, 0.15) is 0 Å². The fourth-order valence-electron chi connectivity index (χ4n) is 2.92. The maximum atomic E-state index is 12.2. The van der Waals surface area contributed by atoms with Crippen molar-refractivity contribution in [2.45, 2.75) is 32.1 Å². The van der Waals surface area contributed by atoms with E-state index in [1.807, 2.05) is 18.3 Å². The van der Waals surface area contributed by atoms with Crippen molar-refractivity contribution in [3.05, 3.63) is 78.1 Å². The Bertz CT molecular complexity index is 856. The van der Waals surface area contributed by atoms with Crippen LogP contribution in [0.15, 0.2) is 67.0 Å². The average molecular weight is 332 g/mol. The van der Waals surface area contributed by atoms with Crippen molar-refractivity contribution in [2.75, 3.05) is 6.54 Å². The van der Waals surface area contributed by atoms with Crippen LogP contribution < -0.4 is 5.32 Å². The summed E-state index contributed by atoms with van der Waals surface area (Å²) in [6.45, 7) is 4.95. The Labute approximate surface area is 149 Å². The number of hydrogen-bond acceptors (Lipinski definition) is 2. The highest BCUT2D eigenvalue weighted by Crippen LogP contribution is 2.26. The van der Waals surface area contributed by atoms with Crippen LogP contribution in [0.4, 0.5) is 0 Å². The fourth-order valence-corrected chi connectivity index (χ4v) is 2.92. The van der Waals surface area contributed by atoms with Gasteiger partial charge in [0, 0.05) is 30.8 Å². The van der Waals surface area contributed by atoms with Gasteiger partial charge in [0.25, 0.3) is 0 Å². The minimum atomic E-state index is -0.117. The molecule has 0 aliphatic carbocycles. The van der Waals surface area contributed by atoms with Gasteiger partial charge < -0.3 is 5.32 Å². The van der Waals surface area contributed by atoms with Crippen LogP contribution in [-0.4, -0.2) is 17.4 Å². The number of nitrogens with zero attached hydrogens (tertiary/aromatic N) is 1.